The van der Waals surface area contributed by atoms with Crippen LogP contribution in [0.5, 0.6) is 5.88 Å². The van der Waals surface area contributed by atoms with Crippen molar-refractivity contribution >= 4 is 33.7 Å². The molecule has 1 N–H and O–H groups in total. The van der Waals surface area contributed by atoms with Crippen molar-refractivity contribution in [3.8, 4) is 5.88 Å². The Morgan fingerprint density at radius 3 is 2.84 bits per heavy atom. The monoisotopic (exact) mass is 339 g/mol. The number of rotatable bonds is 4. The minimum Gasteiger partial charge on any atom is -0.481 e. The molecule has 0 aliphatic carbocycles. The lowest BCUT2D eigenvalue weighted by Crippen LogP contribution is -1.98. The number of halogens is 1. The van der Waals surface area contributed by atoms with E-state index in [9.17, 15) is 4.79 Å². The second kappa shape index (κ2) is 6.08. The Kier molecular flexibility index (Phi) is 4.44. The number of hydrogen-bond acceptors (Lipinski definition) is 4. The van der Waals surface area contributed by atoms with Crippen LogP contribution in [0.1, 0.15) is 10.4 Å². The smallest absolute Gasteiger partial charge is 0.336 e. The first-order valence-electron chi connectivity index (χ1n) is 5.31. The molecule has 19 heavy (non-hydrogen) atoms. The Labute approximate surface area is 122 Å². The molecule has 0 fully saturated rings. The van der Waals surface area contributed by atoms with E-state index >= 15 is 0 Å². The third kappa shape index (κ3) is 3.48. The number of pyridine rings is 1. The van der Waals surface area contributed by atoms with Crippen molar-refractivity contribution in [1.82, 2.24) is 4.98 Å². The second-order valence-corrected chi connectivity index (χ2v) is 5.61. The van der Waals surface area contributed by atoms with Crippen molar-refractivity contribution in [1.29, 1.82) is 0 Å². The zero-order valence-corrected chi connectivity index (χ0v) is 12.4. The molecule has 0 atom stereocenters. The van der Waals surface area contributed by atoms with Gasteiger partial charge in [-0.25, -0.2) is 9.78 Å². The predicted molar refractivity (Wildman–Crippen MR) is 76.0 cm³/mol. The molecule has 0 unspecified atom stereocenters. The standard InChI is InChI=1S/C13H10BrNO3S/c1-18-12-7-9(4-5-15-12)19-11-6-8(14)2-3-10(11)13(16)17/h2-7H,1H3,(H,16,17). The van der Waals surface area contributed by atoms with Crippen LogP contribution in [0.15, 0.2) is 50.8 Å². The van der Waals surface area contributed by atoms with Crippen LogP contribution in [0.3, 0.4) is 0 Å². The molecule has 0 amide bonds. The Morgan fingerprint density at radius 2 is 2.16 bits per heavy atom. The highest BCUT2D eigenvalue weighted by Gasteiger charge is 2.12. The minimum atomic E-state index is -0.948. The molecule has 2 aromatic rings. The van der Waals surface area contributed by atoms with Crippen molar-refractivity contribution in [2.75, 3.05) is 7.11 Å². The molecule has 1 aromatic carbocycles. The third-order valence-electron chi connectivity index (χ3n) is 2.32. The molecule has 0 radical (unpaired) electrons. The van der Waals surface area contributed by atoms with E-state index in [1.165, 1.54) is 11.8 Å². The van der Waals surface area contributed by atoms with Gasteiger partial charge in [0.25, 0.3) is 0 Å². The topological polar surface area (TPSA) is 59.4 Å². The SMILES string of the molecule is COc1cc(Sc2cc(Br)ccc2C(=O)O)ccn1. The molecular formula is C13H10BrNO3S. The van der Waals surface area contributed by atoms with Gasteiger partial charge in [0.2, 0.25) is 5.88 Å². The van der Waals surface area contributed by atoms with Gasteiger partial charge in [0.05, 0.1) is 12.7 Å². The lowest BCUT2D eigenvalue weighted by atomic mass is 10.2. The summed E-state index contributed by atoms with van der Waals surface area (Å²) < 4.78 is 5.88. The van der Waals surface area contributed by atoms with Crippen LogP contribution < -0.4 is 4.74 Å². The summed E-state index contributed by atoms with van der Waals surface area (Å²) in [6.45, 7) is 0. The fourth-order valence-electron chi connectivity index (χ4n) is 1.45. The molecule has 0 spiro atoms. The summed E-state index contributed by atoms with van der Waals surface area (Å²) in [6, 6.07) is 8.63. The molecule has 0 saturated carbocycles. The van der Waals surface area contributed by atoms with E-state index in [1.54, 1.807) is 43.6 Å². The number of carboxylic acids is 1. The first-order chi connectivity index (χ1) is 9.10. The number of benzene rings is 1. The second-order valence-electron chi connectivity index (χ2n) is 3.58. The molecule has 0 aliphatic rings. The van der Waals surface area contributed by atoms with Gasteiger partial charge in [0.1, 0.15) is 0 Å². The molecule has 98 valence electrons. The summed E-state index contributed by atoms with van der Waals surface area (Å²) in [7, 11) is 1.54. The van der Waals surface area contributed by atoms with Crippen LogP contribution in [-0.4, -0.2) is 23.2 Å². The van der Waals surface area contributed by atoms with Crippen LogP contribution in [0.25, 0.3) is 0 Å². The molecule has 1 aromatic heterocycles. The first kappa shape index (κ1) is 13.9. The lowest BCUT2D eigenvalue weighted by Gasteiger charge is -2.07. The summed E-state index contributed by atoms with van der Waals surface area (Å²) in [5, 5.41) is 9.17. The van der Waals surface area contributed by atoms with Gasteiger partial charge < -0.3 is 9.84 Å². The van der Waals surface area contributed by atoms with Gasteiger partial charge >= 0.3 is 5.97 Å². The Balaban J connectivity index is 2.36. The minimum absolute atomic E-state index is 0.268. The fraction of sp³-hybridized carbons (Fsp3) is 0.0769. The van der Waals surface area contributed by atoms with E-state index in [1.807, 2.05) is 0 Å². The molecule has 1 heterocycles. The average Bonchev–Trinajstić information content (AvgIpc) is 2.38. The molecule has 2 rings (SSSR count). The Bertz CT molecular complexity index is 619. The first-order valence-corrected chi connectivity index (χ1v) is 6.92. The van der Waals surface area contributed by atoms with Gasteiger partial charge in [0, 0.05) is 26.5 Å². The lowest BCUT2D eigenvalue weighted by molar-refractivity contribution is 0.0693. The van der Waals surface area contributed by atoms with E-state index in [0.717, 1.165) is 9.37 Å². The fourth-order valence-corrected chi connectivity index (χ4v) is 2.96. The highest BCUT2D eigenvalue weighted by Crippen LogP contribution is 2.33. The number of aromatic carboxylic acids is 1. The van der Waals surface area contributed by atoms with Crippen molar-refractivity contribution in [3.05, 3.63) is 46.6 Å². The molecular weight excluding hydrogens is 330 g/mol. The summed E-state index contributed by atoms with van der Waals surface area (Å²) in [5.74, 6) is -0.451. The van der Waals surface area contributed by atoms with E-state index < -0.39 is 5.97 Å². The van der Waals surface area contributed by atoms with Gasteiger partial charge in [-0.2, -0.15) is 0 Å². The third-order valence-corrected chi connectivity index (χ3v) is 3.86. The van der Waals surface area contributed by atoms with Crippen LogP contribution in [0.2, 0.25) is 0 Å². The molecule has 0 aliphatic heterocycles. The van der Waals surface area contributed by atoms with Crippen LogP contribution in [-0.2, 0) is 0 Å². The molecule has 0 saturated heterocycles. The van der Waals surface area contributed by atoms with Gasteiger partial charge in [0.15, 0.2) is 0 Å². The predicted octanol–water partition coefficient (Wildman–Crippen LogP) is 3.70. The maximum absolute atomic E-state index is 11.2. The number of hydrogen-bond donors (Lipinski definition) is 1. The van der Waals surface area contributed by atoms with E-state index in [0.29, 0.717) is 10.8 Å². The molecule has 6 heteroatoms. The Morgan fingerprint density at radius 1 is 1.37 bits per heavy atom. The van der Waals surface area contributed by atoms with Crippen LogP contribution in [0.4, 0.5) is 0 Å². The highest BCUT2D eigenvalue weighted by molar-refractivity contribution is 9.10. The molecule has 0 bridgehead atoms. The van der Waals surface area contributed by atoms with Gasteiger partial charge in [-0.3, -0.25) is 0 Å². The van der Waals surface area contributed by atoms with Crippen molar-refractivity contribution in [3.63, 3.8) is 0 Å². The number of methoxy groups -OCH3 is 1. The number of ether oxygens (including phenoxy) is 1. The summed E-state index contributed by atoms with van der Waals surface area (Å²) in [5.41, 5.74) is 0.268. The molecule has 4 nitrogen and oxygen atoms in total. The summed E-state index contributed by atoms with van der Waals surface area (Å²) >= 11 is 4.70. The zero-order valence-electron chi connectivity index (χ0n) is 9.96. The maximum atomic E-state index is 11.2. The largest absolute Gasteiger partial charge is 0.481 e. The highest BCUT2D eigenvalue weighted by atomic mass is 79.9. The van der Waals surface area contributed by atoms with Gasteiger partial charge in [-0.05, 0) is 24.3 Å². The number of carboxylic acid groups (broad SMARTS) is 1. The normalized spacial score (nSPS) is 10.2. The summed E-state index contributed by atoms with van der Waals surface area (Å²) in [6.07, 6.45) is 1.62. The summed E-state index contributed by atoms with van der Waals surface area (Å²) in [4.78, 5) is 16.7. The van der Waals surface area contributed by atoms with Crippen molar-refractivity contribution < 1.29 is 14.6 Å². The average molecular weight is 340 g/mol. The number of nitrogens with zero attached hydrogens (tertiary/aromatic N) is 1. The van der Waals surface area contributed by atoms with Crippen LogP contribution in [0, 0.1) is 0 Å². The quantitative estimate of drug-likeness (QED) is 0.920. The van der Waals surface area contributed by atoms with E-state index in [2.05, 4.69) is 20.9 Å². The van der Waals surface area contributed by atoms with Gasteiger partial charge in [-0.1, -0.05) is 27.7 Å². The van der Waals surface area contributed by atoms with Crippen molar-refractivity contribution in [2.45, 2.75) is 9.79 Å². The van der Waals surface area contributed by atoms with Crippen molar-refractivity contribution in [2.24, 2.45) is 0 Å². The number of aromatic nitrogens is 1. The van der Waals surface area contributed by atoms with Gasteiger partial charge in [-0.15, -0.1) is 0 Å². The zero-order chi connectivity index (χ0) is 13.8. The number of carbonyl (C=O) groups is 1. The van der Waals surface area contributed by atoms with E-state index in [4.69, 9.17) is 9.84 Å². The van der Waals surface area contributed by atoms with Crippen LogP contribution >= 0.6 is 27.7 Å². The maximum Gasteiger partial charge on any atom is 0.336 e. The Hall–Kier alpha value is -1.53. The van der Waals surface area contributed by atoms with E-state index in [-0.39, 0.29) is 5.56 Å².